The fourth-order valence-electron chi connectivity index (χ4n) is 1.78. The van der Waals surface area contributed by atoms with Gasteiger partial charge < -0.3 is 9.47 Å². The number of hydrogen-bond acceptors (Lipinski definition) is 3. The Balaban J connectivity index is 2.49. The average Bonchev–Trinajstić information content (AvgIpc) is 2.61. The maximum absolute atomic E-state index is 12.1. The summed E-state index contributed by atoms with van der Waals surface area (Å²) in [7, 11) is 1.59. The van der Waals surface area contributed by atoms with Crippen molar-refractivity contribution in [1.29, 1.82) is 0 Å². The number of carbonyl (C=O) groups excluding carboxylic acids is 1. The largest absolute Gasteiger partial charge is 0.497 e. The van der Waals surface area contributed by atoms with E-state index in [4.69, 9.17) is 21.1 Å². The van der Waals surface area contributed by atoms with Crippen molar-refractivity contribution in [3.05, 3.63) is 29.4 Å². The van der Waals surface area contributed by atoms with Gasteiger partial charge in [0.1, 0.15) is 16.5 Å². The van der Waals surface area contributed by atoms with Crippen LogP contribution in [0.2, 0.25) is 5.15 Å². The van der Waals surface area contributed by atoms with Crippen LogP contribution in [0.4, 0.5) is 4.79 Å². The Morgan fingerprint density at radius 3 is 2.53 bits per heavy atom. The van der Waals surface area contributed by atoms with Crippen LogP contribution in [-0.4, -0.2) is 23.4 Å². The van der Waals surface area contributed by atoms with E-state index in [0.29, 0.717) is 16.4 Å². The molecule has 0 amide bonds. The van der Waals surface area contributed by atoms with Crippen molar-refractivity contribution in [1.82, 2.24) is 4.57 Å². The van der Waals surface area contributed by atoms with Crippen molar-refractivity contribution in [3.8, 4) is 5.75 Å². The summed E-state index contributed by atoms with van der Waals surface area (Å²) in [5.41, 5.74) is 0.128. The third-order valence-corrected chi connectivity index (χ3v) is 2.82. The maximum Gasteiger partial charge on any atom is 0.420 e. The minimum atomic E-state index is -0.566. The van der Waals surface area contributed by atoms with Gasteiger partial charge in [-0.05, 0) is 45.0 Å². The molecule has 0 aliphatic rings. The molecule has 19 heavy (non-hydrogen) atoms. The maximum atomic E-state index is 12.1. The van der Waals surface area contributed by atoms with Gasteiger partial charge in [0.2, 0.25) is 0 Å². The van der Waals surface area contributed by atoms with Crippen LogP contribution in [0.3, 0.4) is 0 Å². The Kier molecular flexibility index (Phi) is 3.45. The van der Waals surface area contributed by atoms with E-state index >= 15 is 0 Å². The van der Waals surface area contributed by atoms with E-state index in [1.807, 2.05) is 26.8 Å². The molecule has 1 heterocycles. The molecular weight excluding hydrogens is 266 g/mol. The summed E-state index contributed by atoms with van der Waals surface area (Å²) in [5.74, 6) is 0.713. The summed E-state index contributed by atoms with van der Waals surface area (Å²) in [6, 6.07) is 7.09. The molecule has 5 heteroatoms. The topological polar surface area (TPSA) is 40.5 Å². The van der Waals surface area contributed by atoms with E-state index in [1.165, 1.54) is 4.57 Å². The zero-order chi connectivity index (χ0) is 14.2. The lowest BCUT2D eigenvalue weighted by atomic mass is 10.2. The molecule has 102 valence electrons. The van der Waals surface area contributed by atoms with Crippen molar-refractivity contribution in [2.75, 3.05) is 7.11 Å². The first kappa shape index (κ1) is 13.7. The van der Waals surface area contributed by atoms with Gasteiger partial charge in [0.15, 0.2) is 0 Å². The molecule has 0 saturated carbocycles. The smallest absolute Gasteiger partial charge is 0.420 e. The molecule has 0 spiro atoms. The second-order valence-electron chi connectivity index (χ2n) is 5.21. The molecule has 0 N–H and O–H groups in total. The number of methoxy groups -OCH3 is 1. The lowest BCUT2D eigenvalue weighted by molar-refractivity contribution is 0.0545. The van der Waals surface area contributed by atoms with E-state index in [0.717, 1.165) is 5.39 Å². The fraction of sp³-hybridized carbons (Fsp3) is 0.357. The molecule has 0 aliphatic carbocycles. The number of ether oxygens (including phenoxy) is 2. The molecule has 0 radical (unpaired) electrons. The highest BCUT2D eigenvalue weighted by Crippen LogP contribution is 2.28. The molecule has 0 bridgehead atoms. The third kappa shape index (κ3) is 2.84. The number of nitrogens with zero attached hydrogens (tertiary/aromatic N) is 1. The van der Waals surface area contributed by atoms with Crippen LogP contribution in [0, 0.1) is 0 Å². The van der Waals surface area contributed by atoms with Gasteiger partial charge in [-0.3, -0.25) is 0 Å². The van der Waals surface area contributed by atoms with E-state index < -0.39 is 11.7 Å². The Morgan fingerprint density at radius 1 is 1.26 bits per heavy atom. The average molecular weight is 282 g/mol. The minimum Gasteiger partial charge on any atom is -0.497 e. The zero-order valence-electron chi connectivity index (χ0n) is 11.4. The number of hydrogen-bond donors (Lipinski definition) is 0. The SMILES string of the molecule is COc1ccc2c(c1)cc(Cl)n2C(=O)OC(C)(C)C. The van der Waals surface area contributed by atoms with Crippen molar-refractivity contribution < 1.29 is 14.3 Å². The molecule has 0 aliphatic heterocycles. The highest BCUT2D eigenvalue weighted by Gasteiger charge is 2.21. The van der Waals surface area contributed by atoms with Gasteiger partial charge >= 0.3 is 6.09 Å². The van der Waals surface area contributed by atoms with Crippen molar-refractivity contribution in [3.63, 3.8) is 0 Å². The first-order valence-corrected chi connectivity index (χ1v) is 6.28. The molecule has 0 atom stereocenters. The van der Waals surface area contributed by atoms with Gasteiger partial charge in [0, 0.05) is 5.39 Å². The van der Waals surface area contributed by atoms with Crippen LogP contribution in [0.25, 0.3) is 10.9 Å². The van der Waals surface area contributed by atoms with Crippen LogP contribution < -0.4 is 4.74 Å². The molecule has 0 unspecified atom stereocenters. The summed E-state index contributed by atoms with van der Waals surface area (Å²) in [6.45, 7) is 5.44. The van der Waals surface area contributed by atoms with Crippen LogP contribution in [0.1, 0.15) is 20.8 Å². The van der Waals surface area contributed by atoms with Gasteiger partial charge in [-0.1, -0.05) is 11.6 Å². The minimum absolute atomic E-state index is 0.317. The molecule has 1 aromatic carbocycles. The van der Waals surface area contributed by atoms with Crippen molar-refractivity contribution >= 4 is 28.6 Å². The molecular formula is C14H16ClNO3. The molecule has 1 aromatic heterocycles. The van der Waals surface area contributed by atoms with Gasteiger partial charge in [-0.15, -0.1) is 0 Å². The Labute approximate surface area is 116 Å². The van der Waals surface area contributed by atoms with Gasteiger partial charge in [-0.2, -0.15) is 0 Å². The summed E-state index contributed by atoms with van der Waals surface area (Å²) >= 11 is 6.11. The second-order valence-corrected chi connectivity index (χ2v) is 5.59. The number of halogens is 1. The predicted molar refractivity (Wildman–Crippen MR) is 75.1 cm³/mol. The molecule has 2 aromatic rings. The van der Waals surface area contributed by atoms with Gasteiger partial charge in [0.05, 0.1) is 12.6 Å². The van der Waals surface area contributed by atoms with Gasteiger partial charge in [0.25, 0.3) is 0 Å². The van der Waals surface area contributed by atoms with Crippen LogP contribution in [-0.2, 0) is 4.74 Å². The summed E-state index contributed by atoms with van der Waals surface area (Å²) in [5, 5.41) is 1.15. The molecule has 2 rings (SSSR count). The lowest BCUT2D eigenvalue weighted by Gasteiger charge is -2.20. The predicted octanol–water partition coefficient (Wildman–Crippen LogP) is 4.09. The van der Waals surface area contributed by atoms with Crippen LogP contribution >= 0.6 is 11.6 Å². The number of aromatic nitrogens is 1. The number of benzene rings is 1. The molecule has 0 saturated heterocycles. The normalized spacial score (nSPS) is 11.6. The third-order valence-electron chi connectivity index (χ3n) is 2.54. The van der Waals surface area contributed by atoms with Crippen molar-refractivity contribution in [2.45, 2.75) is 26.4 Å². The highest BCUT2D eigenvalue weighted by atomic mass is 35.5. The summed E-state index contributed by atoms with van der Waals surface area (Å²) in [4.78, 5) is 12.1. The Bertz CT molecular complexity index is 625. The van der Waals surface area contributed by atoms with Crippen LogP contribution in [0.15, 0.2) is 24.3 Å². The summed E-state index contributed by atoms with van der Waals surface area (Å²) < 4.78 is 11.8. The quantitative estimate of drug-likeness (QED) is 0.790. The first-order valence-electron chi connectivity index (χ1n) is 5.90. The van der Waals surface area contributed by atoms with Crippen molar-refractivity contribution in [2.24, 2.45) is 0 Å². The molecule has 0 fully saturated rings. The number of fused-ring (bicyclic) bond motifs is 1. The Morgan fingerprint density at radius 2 is 1.95 bits per heavy atom. The first-order chi connectivity index (χ1) is 8.81. The molecule has 4 nitrogen and oxygen atoms in total. The van der Waals surface area contributed by atoms with Crippen LogP contribution in [0.5, 0.6) is 5.75 Å². The Hall–Kier alpha value is -1.68. The van der Waals surface area contributed by atoms with E-state index in [-0.39, 0.29) is 0 Å². The summed E-state index contributed by atoms with van der Waals surface area (Å²) in [6.07, 6.45) is -0.488. The van der Waals surface area contributed by atoms with E-state index in [9.17, 15) is 4.79 Å². The lowest BCUT2D eigenvalue weighted by Crippen LogP contribution is -2.27. The number of carbonyl (C=O) groups is 1. The van der Waals surface area contributed by atoms with Gasteiger partial charge in [-0.25, -0.2) is 9.36 Å². The highest BCUT2D eigenvalue weighted by molar-refractivity contribution is 6.32. The zero-order valence-corrected chi connectivity index (χ0v) is 12.1. The number of rotatable bonds is 1. The van der Waals surface area contributed by atoms with E-state index in [1.54, 1.807) is 25.3 Å². The monoisotopic (exact) mass is 281 g/mol. The standard InChI is InChI=1S/C14H16ClNO3/c1-14(2,3)19-13(17)16-11-6-5-10(18-4)7-9(11)8-12(16)15/h5-8H,1-4H3. The second kappa shape index (κ2) is 4.78. The fourth-order valence-corrected chi connectivity index (χ4v) is 2.06. The van der Waals surface area contributed by atoms with E-state index in [2.05, 4.69) is 0 Å².